The lowest BCUT2D eigenvalue weighted by molar-refractivity contribution is -0.146. The molecule has 1 aliphatic rings. The van der Waals surface area contributed by atoms with Crippen molar-refractivity contribution in [2.24, 2.45) is 4.99 Å². The summed E-state index contributed by atoms with van der Waals surface area (Å²) in [6.07, 6.45) is 0.133. The average molecular weight is 699 g/mol. The maximum absolute atomic E-state index is 13.6. The number of aliphatic hydroxyl groups is 1. The van der Waals surface area contributed by atoms with Gasteiger partial charge in [-0.25, -0.2) is 9.79 Å². The van der Waals surface area contributed by atoms with E-state index in [0.717, 1.165) is 43.4 Å². The smallest absolute Gasteiger partial charge is 0.416 e. The molecule has 9 nitrogen and oxygen atoms in total. The van der Waals surface area contributed by atoms with E-state index in [-0.39, 0.29) is 34.8 Å². The van der Waals surface area contributed by atoms with Crippen molar-refractivity contribution >= 4 is 50.7 Å². The summed E-state index contributed by atoms with van der Waals surface area (Å²) in [7, 11) is 0. The van der Waals surface area contributed by atoms with Gasteiger partial charge in [-0.05, 0) is 84.8 Å². The fraction of sp³-hybridized carbons (Fsp3) is 0.273. The lowest BCUT2D eigenvalue weighted by Crippen LogP contribution is -2.37. The highest BCUT2D eigenvalue weighted by Gasteiger charge is 2.31. The number of carbonyl (C=O) groups excluding carboxylic acids is 1. The number of alkyl halides is 3. The van der Waals surface area contributed by atoms with Crippen LogP contribution in [0.15, 0.2) is 82.3 Å². The zero-order chi connectivity index (χ0) is 33.3. The molecule has 0 bridgehead atoms. The van der Waals surface area contributed by atoms with Crippen molar-refractivity contribution in [3.63, 3.8) is 0 Å². The Labute approximate surface area is 272 Å². The number of amides is 1. The number of carboxylic acid groups (broad SMARTS) is 1. The van der Waals surface area contributed by atoms with Crippen molar-refractivity contribution in [3.8, 4) is 6.07 Å². The molecule has 0 aromatic heterocycles. The van der Waals surface area contributed by atoms with Gasteiger partial charge in [0.25, 0.3) is 5.91 Å². The number of aliphatic carboxylic acids is 1. The first-order valence-electron chi connectivity index (χ1n) is 14.4. The molecule has 3 aromatic carbocycles. The third-order valence-electron chi connectivity index (χ3n) is 7.18. The zero-order valence-corrected chi connectivity index (χ0v) is 26.1. The van der Waals surface area contributed by atoms with Crippen LogP contribution in [0.1, 0.15) is 52.7 Å². The minimum absolute atomic E-state index is 0.0999. The number of guanidine groups is 1. The predicted molar refractivity (Wildman–Crippen MR) is 172 cm³/mol. The van der Waals surface area contributed by atoms with Crippen molar-refractivity contribution in [2.45, 2.75) is 44.5 Å². The molecule has 46 heavy (non-hydrogen) atoms. The lowest BCUT2D eigenvalue weighted by atomic mass is 9.93. The maximum atomic E-state index is 13.6. The van der Waals surface area contributed by atoms with E-state index in [1.807, 2.05) is 30.3 Å². The number of nitrogens with one attached hydrogen (secondary N) is 2. The van der Waals surface area contributed by atoms with E-state index in [0.29, 0.717) is 11.3 Å². The first-order chi connectivity index (χ1) is 21.9. The van der Waals surface area contributed by atoms with Gasteiger partial charge in [-0.15, -0.1) is 0 Å². The monoisotopic (exact) mass is 697 g/mol. The van der Waals surface area contributed by atoms with Crippen molar-refractivity contribution < 1.29 is 33.0 Å². The van der Waals surface area contributed by atoms with E-state index in [2.05, 4.69) is 37.6 Å². The van der Waals surface area contributed by atoms with Gasteiger partial charge >= 0.3 is 12.1 Å². The molecule has 1 atom stereocenters. The molecular formula is C33H31BrF3N5O4. The Morgan fingerprint density at radius 3 is 2.39 bits per heavy atom. The Morgan fingerprint density at radius 2 is 1.78 bits per heavy atom. The molecule has 0 saturated heterocycles. The molecule has 0 aliphatic heterocycles. The molecule has 0 spiro atoms. The van der Waals surface area contributed by atoms with Gasteiger partial charge < -0.3 is 25.7 Å². The Balaban J connectivity index is 1.67. The number of hydrogen-bond acceptors (Lipinski definition) is 5. The number of rotatable bonds is 10. The molecule has 1 amide bonds. The Kier molecular flexibility index (Phi) is 11.6. The second-order valence-corrected chi connectivity index (χ2v) is 11.4. The molecule has 0 unspecified atom stereocenters. The van der Waals surface area contributed by atoms with E-state index in [9.17, 15) is 33.1 Å². The zero-order valence-electron chi connectivity index (χ0n) is 24.5. The topological polar surface area (TPSA) is 138 Å². The normalized spacial score (nSPS) is 14.1. The van der Waals surface area contributed by atoms with Crippen LogP contribution in [0.5, 0.6) is 0 Å². The van der Waals surface area contributed by atoms with Crippen LogP contribution in [0.3, 0.4) is 0 Å². The third-order valence-corrected chi connectivity index (χ3v) is 7.63. The third kappa shape index (κ3) is 9.42. The molecule has 240 valence electrons. The van der Waals surface area contributed by atoms with Crippen LogP contribution in [0.4, 0.5) is 24.5 Å². The van der Waals surface area contributed by atoms with Crippen LogP contribution in [-0.2, 0) is 17.5 Å². The largest absolute Gasteiger partial charge is 0.479 e. The van der Waals surface area contributed by atoms with Crippen LogP contribution in [0.25, 0.3) is 5.57 Å². The molecular weight excluding hydrogens is 667 g/mol. The molecule has 0 heterocycles. The molecule has 13 heteroatoms. The number of carboxylic acids is 1. The molecule has 4 N–H and O–H groups in total. The fourth-order valence-corrected chi connectivity index (χ4v) is 5.32. The first-order valence-corrected chi connectivity index (χ1v) is 15.1. The number of halogens is 4. The molecule has 4 rings (SSSR count). The summed E-state index contributed by atoms with van der Waals surface area (Å²) < 4.78 is 41.0. The summed E-state index contributed by atoms with van der Waals surface area (Å²) >= 11 is 3.15. The molecule has 3 aromatic rings. The minimum Gasteiger partial charge on any atom is -0.479 e. The number of carbonyl (C=O) groups is 2. The number of nitrogens with zero attached hydrogens (tertiary/aromatic N) is 3. The summed E-state index contributed by atoms with van der Waals surface area (Å²) in [5.41, 5.74) is 3.12. The predicted octanol–water partition coefficient (Wildman–Crippen LogP) is 6.60. The second-order valence-electron chi connectivity index (χ2n) is 10.5. The quantitative estimate of drug-likeness (QED) is 0.106. The number of aliphatic imine (C=N–C) groups is 1. The lowest BCUT2D eigenvalue weighted by Gasteiger charge is -2.28. The van der Waals surface area contributed by atoms with Crippen molar-refractivity contribution in [1.82, 2.24) is 5.32 Å². The molecule has 1 aliphatic carbocycles. The first kappa shape index (κ1) is 34.2. The summed E-state index contributed by atoms with van der Waals surface area (Å²) in [5.74, 6) is -1.91. The number of aliphatic hydroxyl groups excluding tert-OH is 1. The van der Waals surface area contributed by atoms with E-state index >= 15 is 0 Å². The van der Waals surface area contributed by atoms with Crippen LogP contribution in [0.2, 0.25) is 0 Å². The highest BCUT2D eigenvalue weighted by molar-refractivity contribution is 9.10. The van der Waals surface area contributed by atoms with Gasteiger partial charge in [0, 0.05) is 21.4 Å². The van der Waals surface area contributed by atoms with Gasteiger partial charge in [0.2, 0.25) is 5.96 Å². The van der Waals surface area contributed by atoms with Gasteiger partial charge in [0.1, 0.15) is 6.54 Å². The highest BCUT2D eigenvalue weighted by Crippen LogP contribution is 2.34. The Hall–Kier alpha value is -4.67. The van der Waals surface area contributed by atoms with E-state index < -0.39 is 36.3 Å². The van der Waals surface area contributed by atoms with E-state index in [1.165, 1.54) is 23.8 Å². The van der Waals surface area contributed by atoms with Crippen molar-refractivity contribution in [3.05, 3.63) is 99.5 Å². The van der Waals surface area contributed by atoms with Crippen molar-refractivity contribution in [1.29, 1.82) is 5.26 Å². The van der Waals surface area contributed by atoms with Gasteiger partial charge in [-0.2, -0.15) is 18.4 Å². The Morgan fingerprint density at radius 1 is 1.07 bits per heavy atom. The van der Waals surface area contributed by atoms with E-state index in [4.69, 9.17) is 5.11 Å². The van der Waals surface area contributed by atoms with Crippen LogP contribution < -0.4 is 15.5 Å². The van der Waals surface area contributed by atoms with E-state index in [1.54, 1.807) is 17.0 Å². The van der Waals surface area contributed by atoms with Crippen LogP contribution >= 0.6 is 15.9 Å². The van der Waals surface area contributed by atoms with Gasteiger partial charge in [-0.3, -0.25) is 4.79 Å². The molecule has 0 fully saturated rings. The number of hydrogen-bond donors (Lipinski definition) is 4. The minimum atomic E-state index is -4.59. The highest BCUT2D eigenvalue weighted by atomic mass is 79.9. The SMILES string of the molecule is N#CCN=C(Nc1cc(Br)cc(C(F)(F)F)c1)N(Cc1ccc(C(=O)NC[C@@H](O)C(=O)O)cc1)c1ccc(C2=CCCCC2)cc1. The molecule has 0 saturated carbocycles. The van der Waals surface area contributed by atoms with Crippen molar-refractivity contribution in [2.75, 3.05) is 23.3 Å². The standard InChI is InChI=1S/C33H31BrF3N5O4/c34-26-16-25(33(35,36)37)17-27(18-26)41-32(39-15-14-38)42(28-12-10-23(11-13-28)22-4-2-1-3-5-22)20-21-6-8-24(9-7-21)30(44)40-19-29(43)31(45)46/h4,6-13,16-18,29,43H,1-3,5,15,19-20H2,(H,39,41)(H,40,44)(H,45,46)/t29-/m1/s1. The summed E-state index contributed by atoms with van der Waals surface area (Å²) in [6.45, 7) is -0.586. The molecule has 0 radical (unpaired) electrons. The number of benzene rings is 3. The van der Waals surface area contributed by atoms with Gasteiger partial charge in [0.05, 0.1) is 24.7 Å². The number of anilines is 2. The van der Waals surface area contributed by atoms with Crippen LogP contribution in [-0.4, -0.2) is 47.2 Å². The number of nitriles is 1. The van der Waals surface area contributed by atoms with Crippen LogP contribution in [0, 0.1) is 11.3 Å². The second kappa shape index (κ2) is 15.6. The average Bonchev–Trinajstić information content (AvgIpc) is 3.04. The summed E-state index contributed by atoms with van der Waals surface area (Å²) in [6, 6.07) is 19.4. The van der Waals surface area contributed by atoms with Gasteiger partial charge in [0.15, 0.2) is 6.10 Å². The maximum Gasteiger partial charge on any atom is 0.416 e. The van der Waals surface area contributed by atoms with Gasteiger partial charge in [-0.1, -0.05) is 46.3 Å². The summed E-state index contributed by atoms with van der Waals surface area (Å²) in [4.78, 5) is 29.4. The number of allylic oxidation sites excluding steroid dienone is 2. The summed E-state index contributed by atoms with van der Waals surface area (Å²) in [5, 5.41) is 32.9. The fourth-order valence-electron chi connectivity index (χ4n) is 4.82. The Bertz CT molecular complexity index is 1650.